The number of aromatic nitrogens is 1. The zero-order valence-electron chi connectivity index (χ0n) is 17.9. The number of hydrogen-bond acceptors (Lipinski definition) is 5. The minimum Gasteiger partial charge on any atom is -0.492 e. The SMILES string of the molecule is Cc1nc(CN(C)Cc2ccc(OCCN(C)C(=O)C3CCCCC3)cc2)cs1. The van der Waals surface area contributed by atoms with E-state index in [1.54, 1.807) is 11.3 Å². The molecule has 1 aromatic heterocycles. The summed E-state index contributed by atoms with van der Waals surface area (Å²) in [6.07, 6.45) is 5.73. The number of benzene rings is 1. The summed E-state index contributed by atoms with van der Waals surface area (Å²) >= 11 is 1.69. The van der Waals surface area contributed by atoms with Crippen LogP contribution >= 0.6 is 11.3 Å². The highest BCUT2D eigenvalue weighted by atomic mass is 32.1. The molecule has 6 heteroatoms. The van der Waals surface area contributed by atoms with Gasteiger partial charge >= 0.3 is 0 Å². The van der Waals surface area contributed by atoms with Gasteiger partial charge in [-0.15, -0.1) is 11.3 Å². The van der Waals surface area contributed by atoms with Crippen molar-refractivity contribution in [3.8, 4) is 5.75 Å². The highest BCUT2D eigenvalue weighted by molar-refractivity contribution is 7.09. The van der Waals surface area contributed by atoms with E-state index in [1.807, 2.05) is 31.0 Å². The predicted molar refractivity (Wildman–Crippen MR) is 118 cm³/mol. The van der Waals surface area contributed by atoms with E-state index in [2.05, 4.69) is 34.4 Å². The molecule has 0 radical (unpaired) electrons. The van der Waals surface area contributed by atoms with Gasteiger partial charge in [0.2, 0.25) is 5.91 Å². The van der Waals surface area contributed by atoms with Gasteiger partial charge in [0.05, 0.1) is 17.2 Å². The monoisotopic (exact) mass is 415 g/mol. The van der Waals surface area contributed by atoms with Crippen molar-refractivity contribution in [2.45, 2.75) is 52.1 Å². The molecule has 1 amide bonds. The molecular formula is C23H33N3O2S. The number of likely N-dealkylation sites (N-methyl/N-ethyl adjacent to an activating group) is 1. The Labute approximate surface area is 178 Å². The second-order valence-corrected chi connectivity index (χ2v) is 9.18. The molecule has 1 saturated carbocycles. The van der Waals surface area contributed by atoms with Crippen molar-refractivity contribution in [3.63, 3.8) is 0 Å². The van der Waals surface area contributed by atoms with Gasteiger partial charge in [0.1, 0.15) is 12.4 Å². The van der Waals surface area contributed by atoms with Crippen molar-refractivity contribution >= 4 is 17.2 Å². The molecule has 0 aliphatic heterocycles. The average molecular weight is 416 g/mol. The summed E-state index contributed by atoms with van der Waals surface area (Å²) in [4.78, 5) is 21.1. The molecule has 5 nitrogen and oxygen atoms in total. The second kappa shape index (κ2) is 10.7. The van der Waals surface area contributed by atoms with Crippen LogP contribution in [0.5, 0.6) is 5.75 Å². The van der Waals surface area contributed by atoms with E-state index in [0.717, 1.165) is 42.4 Å². The molecule has 1 heterocycles. The van der Waals surface area contributed by atoms with Crippen molar-refractivity contribution in [3.05, 3.63) is 45.9 Å². The maximum absolute atomic E-state index is 12.5. The zero-order valence-corrected chi connectivity index (χ0v) is 18.7. The lowest BCUT2D eigenvalue weighted by Crippen LogP contribution is -2.36. The summed E-state index contributed by atoms with van der Waals surface area (Å²) in [6, 6.07) is 8.24. The maximum Gasteiger partial charge on any atom is 0.225 e. The van der Waals surface area contributed by atoms with Crippen LogP contribution in [0.1, 0.15) is 48.4 Å². The minimum absolute atomic E-state index is 0.221. The highest BCUT2D eigenvalue weighted by Gasteiger charge is 2.23. The average Bonchev–Trinajstić information content (AvgIpc) is 3.13. The second-order valence-electron chi connectivity index (χ2n) is 8.12. The van der Waals surface area contributed by atoms with Crippen LogP contribution in [0.4, 0.5) is 0 Å². The first-order chi connectivity index (χ1) is 14.0. The number of nitrogens with zero attached hydrogens (tertiary/aromatic N) is 3. The third-order valence-electron chi connectivity index (χ3n) is 5.50. The fourth-order valence-corrected chi connectivity index (χ4v) is 4.49. The number of amides is 1. The van der Waals surface area contributed by atoms with E-state index in [-0.39, 0.29) is 11.8 Å². The van der Waals surface area contributed by atoms with E-state index in [0.29, 0.717) is 13.2 Å². The molecule has 1 aromatic carbocycles. The Morgan fingerprint density at radius 3 is 2.52 bits per heavy atom. The molecule has 0 saturated heterocycles. The smallest absolute Gasteiger partial charge is 0.225 e. The van der Waals surface area contributed by atoms with Crippen molar-refractivity contribution < 1.29 is 9.53 Å². The van der Waals surface area contributed by atoms with Gasteiger partial charge in [-0.3, -0.25) is 9.69 Å². The molecule has 0 spiro atoms. The Hall–Kier alpha value is -1.92. The molecule has 0 unspecified atom stereocenters. The van der Waals surface area contributed by atoms with E-state index in [4.69, 9.17) is 4.74 Å². The van der Waals surface area contributed by atoms with Gasteiger partial charge in [-0.1, -0.05) is 31.4 Å². The zero-order chi connectivity index (χ0) is 20.6. The van der Waals surface area contributed by atoms with Crippen LogP contribution in [0.15, 0.2) is 29.6 Å². The Morgan fingerprint density at radius 2 is 1.86 bits per heavy atom. The quantitative estimate of drug-likeness (QED) is 0.605. The van der Waals surface area contributed by atoms with Crippen LogP contribution in [0.3, 0.4) is 0 Å². The van der Waals surface area contributed by atoms with Crippen LogP contribution in [0.2, 0.25) is 0 Å². The number of thiazole rings is 1. The summed E-state index contributed by atoms with van der Waals surface area (Å²) in [6.45, 7) is 4.92. The Balaban J connectivity index is 1.39. The summed E-state index contributed by atoms with van der Waals surface area (Å²) in [7, 11) is 4.00. The minimum atomic E-state index is 0.221. The van der Waals surface area contributed by atoms with Gasteiger partial charge in [0, 0.05) is 31.4 Å². The number of carbonyl (C=O) groups excluding carboxylic acids is 1. The maximum atomic E-state index is 12.5. The Bertz CT molecular complexity index is 769. The molecule has 158 valence electrons. The van der Waals surface area contributed by atoms with Gasteiger partial charge in [0.15, 0.2) is 0 Å². The third-order valence-corrected chi connectivity index (χ3v) is 6.32. The standard InChI is InChI=1S/C23H33N3O2S/c1-18-24-21(17-29-18)16-25(2)15-19-9-11-22(12-10-19)28-14-13-26(3)23(27)20-7-5-4-6-8-20/h9-12,17,20H,4-8,13-16H2,1-3H3. The van der Waals surface area contributed by atoms with Crippen molar-refractivity contribution in [2.75, 3.05) is 27.2 Å². The number of carbonyl (C=O) groups is 1. The number of ether oxygens (including phenoxy) is 1. The van der Waals surface area contributed by atoms with Gasteiger partial charge in [-0.05, 0) is 44.5 Å². The molecule has 0 N–H and O–H groups in total. The van der Waals surface area contributed by atoms with Crippen LogP contribution in [0, 0.1) is 12.8 Å². The Morgan fingerprint density at radius 1 is 1.14 bits per heavy atom. The van der Waals surface area contributed by atoms with E-state index >= 15 is 0 Å². The lowest BCUT2D eigenvalue weighted by atomic mass is 9.88. The van der Waals surface area contributed by atoms with Crippen molar-refractivity contribution in [1.29, 1.82) is 0 Å². The van der Waals surface area contributed by atoms with Gasteiger partial charge < -0.3 is 9.64 Å². The van der Waals surface area contributed by atoms with Crippen molar-refractivity contribution in [2.24, 2.45) is 5.92 Å². The first-order valence-electron chi connectivity index (χ1n) is 10.6. The van der Waals surface area contributed by atoms with Crippen LogP contribution in [-0.4, -0.2) is 47.9 Å². The first-order valence-corrected chi connectivity index (χ1v) is 11.5. The van der Waals surface area contributed by atoms with Gasteiger partial charge in [-0.25, -0.2) is 4.98 Å². The Kier molecular flexibility index (Phi) is 8.07. The predicted octanol–water partition coefficient (Wildman–Crippen LogP) is 4.50. The lowest BCUT2D eigenvalue weighted by molar-refractivity contribution is -0.135. The van der Waals surface area contributed by atoms with E-state index in [9.17, 15) is 4.79 Å². The summed E-state index contributed by atoms with van der Waals surface area (Å²) in [5.74, 6) is 1.35. The third kappa shape index (κ3) is 6.82. The molecule has 1 aliphatic rings. The molecule has 2 aromatic rings. The largest absolute Gasteiger partial charge is 0.492 e. The molecule has 0 atom stereocenters. The molecular weight excluding hydrogens is 382 g/mol. The summed E-state index contributed by atoms with van der Waals surface area (Å²) < 4.78 is 5.86. The molecule has 0 bridgehead atoms. The van der Waals surface area contributed by atoms with Gasteiger partial charge in [-0.2, -0.15) is 0 Å². The molecule has 29 heavy (non-hydrogen) atoms. The van der Waals surface area contributed by atoms with Crippen molar-refractivity contribution in [1.82, 2.24) is 14.8 Å². The topological polar surface area (TPSA) is 45.7 Å². The lowest BCUT2D eigenvalue weighted by Gasteiger charge is -2.26. The molecule has 3 rings (SSSR count). The normalized spacial score (nSPS) is 14.9. The fraction of sp³-hybridized carbons (Fsp3) is 0.565. The molecule has 1 fully saturated rings. The first kappa shape index (κ1) is 21.8. The van der Waals surface area contributed by atoms with Crippen LogP contribution in [0.25, 0.3) is 0 Å². The molecule has 1 aliphatic carbocycles. The number of aryl methyl sites for hydroxylation is 1. The highest BCUT2D eigenvalue weighted by Crippen LogP contribution is 2.25. The fourth-order valence-electron chi connectivity index (χ4n) is 3.89. The summed E-state index contributed by atoms with van der Waals surface area (Å²) in [5, 5.41) is 3.24. The number of hydrogen-bond donors (Lipinski definition) is 0. The van der Waals surface area contributed by atoms with E-state index in [1.165, 1.54) is 24.8 Å². The number of rotatable bonds is 9. The van der Waals surface area contributed by atoms with Crippen LogP contribution in [-0.2, 0) is 17.9 Å². The summed E-state index contributed by atoms with van der Waals surface area (Å²) in [5.41, 5.74) is 2.37. The van der Waals surface area contributed by atoms with Gasteiger partial charge in [0.25, 0.3) is 0 Å². The van der Waals surface area contributed by atoms with E-state index < -0.39 is 0 Å². The van der Waals surface area contributed by atoms with Crippen LogP contribution < -0.4 is 4.74 Å².